The maximum absolute atomic E-state index is 12.2. The third-order valence-electron chi connectivity index (χ3n) is 4.08. The maximum Gasteiger partial charge on any atom is 0.215 e. The molecule has 0 amide bonds. The van der Waals surface area contributed by atoms with E-state index in [4.69, 9.17) is 5.73 Å². The fourth-order valence-electron chi connectivity index (χ4n) is 2.91. The first-order chi connectivity index (χ1) is 9.50. The van der Waals surface area contributed by atoms with Gasteiger partial charge in [-0.1, -0.05) is 37.6 Å². The van der Waals surface area contributed by atoms with Crippen LogP contribution in [0.25, 0.3) is 0 Å². The molecule has 2 rings (SSSR count). The van der Waals surface area contributed by atoms with Gasteiger partial charge in [0.05, 0.1) is 5.75 Å². The summed E-state index contributed by atoms with van der Waals surface area (Å²) in [5.74, 6) is 1.23. The van der Waals surface area contributed by atoms with Gasteiger partial charge in [0.25, 0.3) is 0 Å². The Morgan fingerprint density at radius 3 is 2.55 bits per heavy atom. The second kappa shape index (κ2) is 6.70. The number of nitrogens with one attached hydrogen (secondary N) is 1. The molecule has 1 saturated carbocycles. The lowest BCUT2D eigenvalue weighted by Gasteiger charge is -2.13. The first-order valence-electron chi connectivity index (χ1n) is 7.24. The highest BCUT2D eigenvalue weighted by Crippen LogP contribution is 2.29. The highest BCUT2D eigenvalue weighted by molar-refractivity contribution is 7.88. The Morgan fingerprint density at radius 1 is 1.25 bits per heavy atom. The van der Waals surface area contributed by atoms with Crippen molar-refractivity contribution in [2.75, 3.05) is 6.54 Å². The Morgan fingerprint density at radius 2 is 1.95 bits per heavy atom. The smallest absolute Gasteiger partial charge is 0.215 e. The van der Waals surface area contributed by atoms with Crippen molar-refractivity contribution in [1.82, 2.24) is 4.72 Å². The first kappa shape index (κ1) is 15.5. The van der Waals surface area contributed by atoms with Gasteiger partial charge in [0.2, 0.25) is 10.0 Å². The molecule has 1 aliphatic rings. The molecule has 0 aliphatic heterocycles. The topological polar surface area (TPSA) is 72.2 Å². The number of nitrogens with two attached hydrogens (primary N) is 1. The van der Waals surface area contributed by atoms with Crippen molar-refractivity contribution in [3.63, 3.8) is 0 Å². The SMILES string of the molecule is CC1CCC(CNS(=O)(=O)Cc2ccccc2CN)C1. The van der Waals surface area contributed by atoms with Gasteiger partial charge in [0.15, 0.2) is 0 Å². The molecule has 2 atom stereocenters. The van der Waals surface area contributed by atoms with Gasteiger partial charge < -0.3 is 5.73 Å². The molecule has 1 aromatic rings. The number of rotatable bonds is 6. The molecule has 1 aliphatic carbocycles. The fraction of sp³-hybridized carbons (Fsp3) is 0.600. The molecule has 4 nitrogen and oxygen atoms in total. The van der Waals surface area contributed by atoms with Crippen LogP contribution in [-0.4, -0.2) is 15.0 Å². The van der Waals surface area contributed by atoms with Crippen molar-refractivity contribution < 1.29 is 8.42 Å². The predicted octanol–water partition coefficient (Wildman–Crippen LogP) is 2.00. The van der Waals surface area contributed by atoms with Crippen LogP contribution in [0.2, 0.25) is 0 Å². The summed E-state index contributed by atoms with van der Waals surface area (Å²) in [6, 6.07) is 7.44. The van der Waals surface area contributed by atoms with E-state index in [9.17, 15) is 8.42 Å². The zero-order valence-corrected chi connectivity index (χ0v) is 12.8. The molecule has 0 bridgehead atoms. The van der Waals surface area contributed by atoms with Crippen molar-refractivity contribution in [1.29, 1.82) is 0 Å². The third kappa shape index (κ3) is 4.30. The molecule has 0 heterocycles. The average Bonchev–Trinajstić information content (AvgIpc) is 2.83. The quantitative estimate of drug-likeness (QED) is 0.843. The van der Waals surface area contributed by atoms with Crippen LogP contribution in [0.3, 0.4) is 0 Å². The molecule has 0 saturated heterocycles. The number of benzene rings is 1. The lowest BCUT2D eigenvalue weighted by molar-refractivity contribution is 0.498. The van der Waals surface area contributed by atoms with Crippen molar-refractivity contribution in [2.45, 2.75) is 38.5 Å². The highest BCUT2D eigenvalue weighted by Gasteiger charge is 2.23. The van der Waals surface area contributed by atoms with Crippen molar-refractivity contribution in [2.24, 2.45) is 17.6 Å². The fourth-order valence-corrected chi connectivity index (χ4v) is 4.19. The summed E-state index contributed by atoms with van der Waals surface area (Å²) in [5.41, 5.74) is 7.33. The summed E-state index contributed by atoms with van der Waals surface area (Å²) < 4.78 is 27.1. The Labute approximate surface area is 121 Å². The first-order valence-corrected chi connectivity index (χ1v) is 8.89. The number of sulfonamides is 1. The minimum absolute atomic E-state index is 0.0165. The second-order valence-corrected chi connectivity index (χ2v) is 7.67. The standard InChI is InChI=1S/C15H24N2O2S/c1-12-6-7-13(8-12)10-17-20(18,19)11-15-5-3-2-4-14(15)9-16/h2-5,12-13,17H,6-11,16H2,1H3. The molecule has 20 heavy (non-hydrogen) atoms. The molecule has 112 valence electrons. The summed E-state index contributed by atoms with van der Waals surface area (Å²) in [4.78, 5) is 0. The molecule has 3 N–H and O–H groups in total. The van der Waals surface area contributed by atoms with Gasteiger partial charge >= 0.3 is 0 Å². The molecule has 5 heteroatoms. The van der Waals surface area contributed by atoms with Crippen LogP contribution in [0, 0.1) is 11.8 Å². The summed E-state index contributed by atoms with van der Waals surface area (Å²) in [6.45, 7) is 3.16. The van der Waals surface area contributed by atoms with E-state index in [-0.39, 0.29) is 5.75 Å². The van der Waals surface area contributed by atoms with Crippen molar-refractivity contribution >= 4 is 10.0 Å². The minimum Gasteiger partial charge on any atom is -0.326 e. The van der Waals surface area contributed by atoms with Crippen LogP contribution in [-0.2, 0) is 22.3 Å². The zero-order chi connectivity index (χ0) is 14.6. The van der Waals surface area contributed by atoms with Gasteiger partial charge in [-0.25, -0.2) is 13.1 Å². The normalized spacial score (nSPS) is 23.1. The van der Waals surface area contributed by atoms with E-state index < -0.39 is 10.0 Å². The lowest BCUT2D eigenvalue weighted by Crippen LogP contribution is -2.30. The largest absolute Gasteiger partial charge is 0.326 e. The molecule has 0 radical (unpaired) electrons. The molecule has 1 fully saturated rings. The minimum atomic E-state index is -3.28. The van der Waals surface area contributed by atoms with Gasteiger partial charge in [0.1, 0.15) is 0 Å². The van der Waals surface area contributed by atoms with Crippen molar-refractivity contribution in [3.05, 3.63) is 35.4 Å². The Balaban J connectivity index is 1.93. The highest BCUT2D eigenvalue weighted by atomic mass is 32.2. The third-order valence-corrected chi connectivity index (χ3v) is 5.38. The Hall–Kier alpha value is -0.910. The zero-order valence-electron chi connectivity index (χ0n) is 12.0. The molecule has 2 unspecified atom stereocenters. The lowest BCUT2D eigenvalue weighted by atomic mass is 10.1. The molecular formula is C15H24N2O2S. The summed E-state index contributed by atoms with van der Waals surface area (Å²) in [6.07, 6.45) is 3.47. The van der Waals surface area contributed by atoms with Crippen molar-refractivity contribution in [3.8, 4) is 0 Å². The van der Waals surface area contributed by atoms with E-state index in [2.05, 4.69) is 11.6 Å². The summed E-state index contributed by atoms with van der Waals surface area (Å²) in [7, 11) is -3.28. The van der Waals surface area contributed by atoms with Crippen LogP contribution in [0.4, 0.5) is 0 Å². The van der Waals surface area contributed by atoms with E-state index in [1.807, 2.05) is 24.3 Å². The monoisotopic (exact) mass is 296 g/mol. The summed E-state index contributed by atoms with van der Waals surface area (Å²) in [5, 5.41) is 0. The molecule has 1 aromatic carbocycles. The Bertz CT molecular complexity index is 543. The van der Waals surface area contributed by atoms with E-state index >= 15 is 0 Å². The van der Waals surface area contributed by atoms with Crippen LogP contribution in [0.1, 0.15) is 37.3 Å². The van der Waals surface area contributed by atoms with Gasteiger partial charge in [-0.2, -0.15) is 0 Å². The molecule has 0 spiro atoms. The van der Waals surface area contributed by atoms with E-state index in [1.165, 1.54) is 6.42 Å². The second-order valence-electron chi connectivity index (χ2n) is 5.86. The van der Waals surface area contributed by atoms with Gasteiger partial charge in [-0.3, -0.25) is 0 Å². The van der Waals surface area contributed by atoms with Gasteiger partial charge in [0, 0.05) is 13.1 Å². The predicted molar refractivity (Wildman–Crippen MR) is 81.5 cm³/mol. The maximum atomic E-state index is 12.2. The van der Waals surface area contributed by atoms with Crippen LogP contribution in [0.5, 0.6) is 0 Å². The van der Waals surface area contributed by atoms with Gasteiger partial charge in [-0.15, -0.1) is 0 Å². The Kier molecular flexibility index (Phi) is 5.18. The molecular weight excluding hydrogens is 272 g/mol. The van der Waals surface area contributed by atoms with E-state index in [0.29, 0.717) is 19.0 Å². The summed E-state index contributed by atoms with van der Waals surface area (Å²) >= 11 is 0. The van der Waals surface area contributed by atoms with Crippen LogP contribution < -0.4 is 10.5 Å². The van der Waals surface area contributed by atoms with Crippen LogP contribution >= 0.6 is 0 Å². The average molecular weight is 296 g/mol. The molecule has 0 aromatic heterocycles. The van der Waals surface area contributed by atoms with E-state index in [1.54, 1.807) is 0 Å². The van der Waals surface area contributed by atoms with E-state index in [0.717, 1.165) is 29.9 Å². The van der Waals surface area contributed by atoms with Crippen LogP contribution in [0.15, 0.2) is 24.3 Å². The number of hydrogen-bond acceptors (Lipinski definition) is 3. The van der Waals surface area contributed by atoms with Gasteiger partial charge in [-0.05, 0) is 35.8 Å². The number of hydrogen-bond donors (Lipinski definition) is 2.